The van der Waals surface area contributed by atoms with Gasteiger partial charge in [-0.2, -0.15) is 0 Å². The van der Waals surface area contributed by atoms with E-state index < -0.39 is 31.3 Å². The Morgan fingerprint density at radius 3 is 2.24 bits per heavy atom. The maximum absolute atomic E-state index is 12.6. The van der Waals surface area contributed by atoms with E-state index >= 15 is 0 Å². The highest BCUT2D eigenvalue weighted by Gasteiger charge is 2.40. The van der Waals surface area contributed by atoms with Crippen LogP contribution >= 0.6 is 7.60 Å². The van der Waals surface area contributed by atoms with Gasteiger partial charge in [0.2, 0.25) is 0 Å². The average Bonchev–Trinajstić information content (AvgIpc) is 2.88. The Bertz CT molecular complexity index is 557. The number of carbonyl (C=O) groups is 2. The van der Waals surface area contributed by atoms with Crippen LogP contribution in [0.15, 0.2) is 11.4 Å². The molecule has 1 aliphatic rings. The van der Waals surface area contributed by atoms with E-state index in [0.29, 0.717) is 5.57 Å². The molecule has 0 N–H and O–H groups in total. The molecule has 1 heterocycles. The van der Waals surface area contributed by atoms with Gasteiger partial charge in [0.15, 0.2) is 0 Å². The lowest BCUT2D eigenvalue weighted by Gasteiger charge is -2.27. The Balaban J connectivity index is 3.07. The highest BCUT2D eigenvalue weighted by atomic mass is 31.2. The van der Waals surface area contributed by atoms with Crippen LogP contribution in [-0.4, -0.2) is 55.5 Å². The summed E-state index contributed by atoms with van der Waals surface area (Å²) in [4.78, 5) is 25.7. The number of likely N-dealkylation sites (tertiary alicyclic amines) is 1. The van der Waals surface area contributed by atoms with Crippen molar-refractivity contribution in [1.29, 1.82) is 0 Å². The number of esters is 1. The largest absolute Gasteiger partial charge is 0.467 e. The van der Waals surface area contributed by atoms with Crippen LogP contribution in [-0.2, 0) is 27.9 Å². The Labute approximate surface area is 149 Å². The summed E-state index contributed by atoms with van der Waals surface area (Å²) in [6, 6.07) is -0.831. The lowest BCUT2D eigenvalue weighted by molar-refractivity contribution is -0.145. The molecule has 0 aromatic rings. The molecule has 144 valence electrons. The van der Waals surface area contributed by atoms with Crippen LogP contribution in [0.4, 0.5) is 4.79 Å². The molecule has 1 fully saturated rings. The van der Waals surface area contributed by atoms with Crippen LogP contribution in [0, 0.1) is 0 Å². The van der Waals surface area contributed by atoms with E-state index in [2.05, 4.69) is 0 Å². The van der Waals surface area contributed by atoms with Crippen LogP contribution < -0.4 is 0 Å². The van der Waals surface area contributed by atoms with E-state index in [1.165, 1.54) is 17.8 Å². The Morgan fingerprint density at radius 1 is 1.24 bits per heavy atom. The number of hydrogen-bond acceptors (Lipinski definition) is 7. The highest BCUT2D eigenvalue weighted by molar-refractivity contribution is 7.57. The second-order valence-corrected chi connectivity index (χ2v) is 8.37. The Morgan fingerprint density at radius 2 is 1.80 bits per heavy atom. The van der Waals surface area contributed by atoms with E-state index in [4.69, 9.17) is 18.5 Å². The minimum atomic E-state index is -3.42. The summed E-state index contributed by atoms with van der Waals surface area (Å²) >= 11 is 0. The summed E-state index contributed by atoms with van der Waals surface area (Å²) in [7, 11) is -2.17. The van der Waals surface area contributed by atoms with Crippen molar-refractivity contribution in [3.63, 3.8) is 0 Å². The van der Waals surface area contributed by atoms with E-state index in [-0.39, 0.29) is 26.2 Å². The van der Waals surface area contributed by atoms with Crippen molar-refractivity contribution in [1.82, 2.24) is 4.90 Å². The molecule has 9 heteroatoms. The fourth-order valence-corrected chi connectivity index (χ4v) is 3.98. The van der Waals surface area contributed by atoms with Gasteiger partial charge >= 0.3 is 19.7 Å². The molecule has 1 aliphatic heterocycles. The van der Waals surface area contributed by atoms with Gasteiger partial charge in [0, 0.05) is 18.8 Å². The van der Waals surface area contributed by atoms with Crippen LogP contribution in [0.3, 0.4) is 0 Å². The van der Waals surface area contributed by atoms with Crippen molar-refractivity contribution in [2.45, 2.75) is 52.7 Å². The van der Waals surface area contributed by atoms with Crippen molar-refractivity contribution in [2.24, 2.45) is 0 Å². The first-order valence-corrected chi connectivity index (χ1v) is 9.83. The zero-order valence-electron chi connectivity index (χ0n) is 15.7. The molecule has 25 heavy (non-hydrogen) atoms. The first-order valence-electron chi connectivity index (χ1n) is 8.22. The van der Waals surface area contributed by atoms with Gasteiger partial charge in [0.25, 0.3) is 0 Å². The summed E-state index contributed by atoms with van der Waals surface area (Å²) < 4.78 is 33.2. The topological polar surface area (TPSA) is 91.4 Å². The lowest BCUT2D eigenvalue weighted by atomic mass is 10.2. The molecule has 0 bridgehead atoms. The normalized spacial score (nSPS) is 20.0. The van der Waals surface area contributed by atoms with Crippen LogP contribution in [0.2, 0.25) is 0 Å². The first kappa shape index (κ1) is 21.7. The molecule has 0 saturated carbocycles. The van der Waals surface area contributed by atoms with Crippen molar-refractivity contribution in [2.75, 3.05) is 26.9 Å². The Hall–Kier alpha value is -1.37. The SMILES string of the molecule is CCOP(=O)(C=C1CC(C(=O)OC)N(C(=O)OC(C)(C)C)C1)OCC. The molecule has 1 atom stereocenters. The smallest absolute Gasteiger partial charge is 0.411 e. The lowest BCUT2D eigenvalue weighted by Crippen LogP contribution is -2.43. The van der Waals surface area contributed by atoms with Gasteiger partial charge in [-0.3, -0.25) is 9.46 Å². The molecule has 0 aliphatic carbocycles. The number of methoxy groups -OCH3 is 1. The Kier molecular flexibility index (Phi) is 7.65. The van der Waals surface area contributed by atoms with Crippen LogP contribution in [0.25, 0.3) is 0 Å². The highest BCUT2D eigenvalue weighted by Crippen LogP contribution is 2.51. The molecule has 0 aromatic heterocycles. The number of nitrogens with zero attached hydrogens (tertiary/aromatic N) is 1. The number of amides is 1. The predicted molar refractivity (Wildman–Crippen MR) is 92.3 cm³/mol. The molecule has 0 aromatic carbocycles. The molecule has 1 amide bonds. The zero-order valence-corrected chi connectivity index (χ0v) is 16.6. The third kappa shape index (κ3) is 6.45. The minimum absolute atomic E-state index is 0.0961. The fraction of sp³-hybridized carbons (Fsp3) is 0.750. The van der Waals surface area contributed by atoms with Crippen molar-refractivity contribution in [3.8, 4) is 0 Å². The van der Waals surface area contributed by atoms with Crippen molar-refractivity contribution in [3.05, 3.63) is 11.4 Å². The summed E-state index contributed by atoms with van der Waals surface area (Å²) in [6.07, 6.45) is -0.440. The maximum atomic E-state index is 12.6. The molecular weight excluding hydrogens is 349 g/mol. The van der Waals surface area contributed by atoms with Gasteiger partial charge in [0.05, 0.1) is 20.3 Å². The van der Waals surface area contributed by atoms with E-state index in [1.807, 2.05) is 0 Å². The van der Waals surface area contributed by atoms with Gasteiger partial charge in [-0.15, -0.1) is 0 Å². The summed E-state index contributed by atoms with van der Waals surface area (Å²) in [5.74, 6) is 0.831. The molecule has 1 unspecified atom stereocenters. The first-order chi connectivity index (χ1) is 11.5. The summed E-state index contributed by atoms with van der Waals surface area (Å²) in [5.41, 5.74) is -0.0950. The summed E-state index contributed by atoms with van der Waals surface area (Å²) in [6.45, 7) is 9.18. The molecule has 8 nitrogen and oxygen atoms in total. The van der Waals surface area contributed by atoms with E-state index in [9.17, 15) is 14.2 Å². The van der Waals surface area contributed by atoms with Crippen LogP contribution in [0.1, 0.15) is 41.0 Å². The third-order valence-electron chi connectivity index (χ3n) is 3.27. The van der Waals surface area contributed by atoms with Gasteiger partial charge in [-0.1, -0.05) is 0 Å². The number of hydrogen-bond donors (Lipinski definition) is 0. The molecular formula is C16H28NO7P. The van der Waals surface area contributed by atoms with Gasteiger partial charge in [-0.25, -0.2) is 9.59 Å². The van der Waals surface area contributed by atoms with Gasteiger partial charge in [0.1, 0.15) is 11.6 Å². The maximum Gasteiger partial charge on any atom is 0.411 e. The van der Waals surface area contributed by atoms with E-state index in [1.54, 1.807) is 34.6 Å². The molecule has 1 rings (SSSR count). The van der Waals surface area contributed by atoms with Crippen LogP contribution in [0.5, 0.6) is 0 Å². The van der Waals surface area contributed by atoms with Gasteiger partial charge in [-0.05, 0) is 40.2 Å². The zero-order chi connectivity index (χ0) is 19.3. The minimum Gasteiger partial charge on any atom is -0.467 e. The van der Waals surface area contributed by atoms with Gasteiger partial charge < -0.3 is 18.5 Å². The van der Waals surface area contributed by atoms with E-state index in [0.717, 1.165) is 0 Å². The molecule has 0 spiro atoms. The standard InChI is InChI=1S/C16H28NO7P/c1-7-22-25(20,23-8-2)11-12-9-13(14(18)21-6)17(10-12)15(19)24-16(3,4)5/h11,13H,7-10H2,1-6H3. The average molecular weight is 377 g/mol. The third-order valence-corrected chi connectivity index (χ3v) is 5.18. The second kappa shape index (κ2) is 8.83. The quantitative estimate of drug-likeness (QED) is 0.518. The second-order valence-electron chi connectivity index (χ2n) is 6.51. The number of ether oxygens (including phenoxy) is 2. The predicted octanol–water partition coefficient (Wildman–Crippen LogP) is 3.32. The summed E-state index contributed by atoms with van der Waals surface area (Å²) in [5, 5.41) is 0. The number of rotatable bonds is 6. The van der Waals surface area contributed by atoms with Crippen molar-refractivity contribution < 1.29 is 32.7 Å². The monoisotopic (exact) mass is 377 g/mol. The number of carbonyl (C=O) groups excluding carboxylic acids is 2. The van der Waals surface area contributed by atoms with Crippen molar-refractivity contribution >= 4 is 19.7 Å². The fourth-order valence-electron chi connectivity index (χ4n) is 2.40. The molecule has 0 radical (unpaired) electrons. The molecule has 1 saturated heterocycles.